The molecule has 5 nitrogen and oxygen atoms in total. The number of rotatable bonds is 3. The number of nitrogens with zero attached hydrogens (tertiary/aromatic N) is 2. The van der Waals surface area contributed by atoms with E-state index in [1.807, 2.05) is 13.0 Å². The largest absolute Gasteiger partial charge is 0.365 e. The third kappa shape index (κ3) is 2.96. The Labute approximate surface area is 126 Å². The van der Waals surface area contributed by atoms with E-state index < -0.39 is 5.91 Å². The van der Waals surface area contributed by atoms with E-state index in [0.717, 1.165) is 5.56 Å². The maximum atomic E-state index is 11.4. The first kappa shape index (κ1) is 14.8. The van der Waals surface area contributed by atoms with Gasteiger partial charge in [0.05, 0.1) is 28.3 Å². The fraction of sp³-hybridized carbons (Fsp3) is 0.133. The molecule has 0 spiro atoms. The monoisotopic (exact) mass is 300 g/mol. The molecular weight excluding hydrogens is 288 g/mol. The Morgan fingerprint density at radius 2 is 2.19 bits per heavy atom. The van der Waals surface area contributed by atoms with Gasteiger partial charge in [-0.15, -0.1) is 0 Å². The van der Waals surface area contributed by atoms with E-state index in [1.165, 1.54) is 6.07 Å². The van der Waals surface area contributed by atoms with Crippen molar-refractivity contribution in [2.75, 3.05) is 0 Å². The van der Waals surface area contributed by atoms with E-state index in [1.54, 1.807) is 29.0 Å². The molecule has 1 amide bonds. The van der Waals surface area contributed by atoms with Crippen LogP contribution >= 0.6 is 11.6 Å². The zero-order chi connectivity index (χ0) is 15.6. The van der Waals surface area contributed by atoms with Gasteiger partial charge in [0.25, 0.3) is 5.91 Å². The summed E-state index contributed by atoms with van der Waals surface area (Å²) in [5.41, 5.74) is 6.68. The summed E-state index contributed by atoms with van der Waals surface area (Å²) in [6, 6.07) is 10.3. The molecule has 1 heterocycles. The summed E-state index contributed by atoms with van der Waals surface area (Å²) in [7, 11) is 0. The first-order valence-electron chi connectivity index (χ1n) is 6.20. The lowest BCUT2D eigenvalue weighted by molar-refractivity contribution is 0.0997. The number of halogens is 1. The van der Waals surface area contributed by atoms with Crippen molar-refractivity contribution in [3.8, 4) is 6.07 Å². The molecule has 0 saturated carbocycles. The highest BCUT2D eigenvalue weighted by Crippen LogP contribution is 2.19. The highest BCUT2D eigenvalue weighted by Gasteiger charge is 2.14. The molecule has 6 heteroatoms. The van der Waals surface area contributed by atoms with Crippen LogP contribution in [0.4, 0.5) is 0 Å². The second kappa shape index (κ2) is 5.81. The quantitative estimate of drug-likeness (QED) is 0.909. The number of hydrogen-bond acceptors (Lipinski definition) is 3. The molecule has 106 valence electrons. The number of hydrogen-bond donors (Lipinski definition) is 2. The molecule has 1 aromatic carbocycles. The van der Waals surface area contributed by atoms with Crippen molar-refractivity contribution in [2.45, 2.75) is 13.0 Å². The topological polar surface area (TPSA) is 95.7 Å². The summed E-state index contributed by atoms with van der Waals surface area (Å²) in [6.07, 6.45) is 1.57. The second-order valence-corrected chi connectivity index (χ2v) is 5.04. The lowest BCUT2D eigenvalue weighted by Gasteiger charge is -2.18. The number of benzene rings is 1. The van der Waals surface area contributed by atoms with E-state index in [2.05, 4.69) is 6.07 Å². The van der Waals surface area contributed by atoms with Gasteiger partial charge in [0.1, 0.15) is 5.49 Å². The highest BCUT2D eigenvalue weighted by molar-refractivity contribution is 6.30. The Morgan fingerprint density at radius 1 is 1.48 bits per heavy atom. The van der Waals surface area contributed by atoms with Crippen LogP contribution in [0.15, 0.2) is 36.5 Å². The Morgan fingerprint density at radius 3 is 2.81 bits per heavy atom. The molecule has 0 saturated heterocycles. The second-order valence-electron chi connectivity index (χ2n) is 4.61. The van der Waals surface area contributed by atoms with Crippen LogP contribution in [-0.4, -0.2) is 10.5 Å². The molecular formula is C15H13ClN4O. The van der Waals surface area contributed by atoms with Crippen molar-refractivity contribution in [1.29, 1.82) is 10.7 Å². The number of nitrogens with two attached hydrogens (primary N) is 1. The lowest BCUT2D eigenvalue weighted by Crippen LogP contribution is -2.31. The predicted octanol–water partition coefficient (Wildman–Crippen LogP) is 2.20. The first-order valence-corrected chi connectivity index (χ1v) is 6.58. The van der Waals surface area contributed by atoms with Crippen molar-refractivity contribution < 1.29 is 4.79 Å². The minimum atomic E-state index is -0.700. The van der Waals surface area contributed by atoms with Gasteiger partial charge in [0.15, 0.2) is 0 Å². The Hall–Kier alpha value is -2.58. The van der Waals surface area contributed by atoms with Gasteiger partial charge in [-0.3, -0.25) is 10.2 Å². The van der Waals surface area contributed by atoms with Gasteiger partial charge in [0.2, 0.25) is 0 Å². The summed E-state index contributed by atoms with van der Waals surface area (Å²) in [5, 5.41) is 17.4. The van der Waals surface area contributed by atoms with E-state index in [9.17, 15) is 4.79 Å². The molecule has 0 fully saturated rings. The smallest absolute Gasteiger partial charge is 0.252 e. The van der Waals surface area contributed by atoms with Crippen molar-refractivity contribution in [2.24, 2.45) is 5.73 Å². The van der Waals surface area contributed by atoms with Crippen LogP contribution in [0.25, 0.3) is 0 Å². The molecule has 0 bridgehead atoms. The Kier molecular flexibility index (Phi) is 4.10. The number of nitrogens with one attached hydrogen (secondary N) is 1. The lowest BCUT2D eigenvalue weighted by atomic mass is 10.0. The van der Waals surface area contributed by atoms with Crippen molar-refractivity contribution >= 4 is 17.5 Å². The summed E-state index contributed by atoms with van der Waals surface area (Å²) in [5.74, 6) is -0.700. The van der Waals surface area contributed by atoms with Crippen molar-refractivity contribution in [3.05, 3.63) is 63.7 Å². The molecule has 3 N–H and O–H groups in total. The first-order chi connectivity index (χ1) is 9.93. The van der Waals surface area contributed by atoms with Crippen LogP contribution in [0.3, 0.4) is 0 Å². The number of aromatic nitrogens is 1. The average molecular weight is 301 g/mol. The maximum absolute atomic E-state index is 11.4. The summed E-state index contributed by atoms with van der Waals surface area (Å²) in [6.45, 7) is 1.86. The predicted molar refractivity (Wildman–Crippen MR) is 78.8 cm³/mol. The number of nitriles is 1. The number of carbonyl (C=O) groups is 1. The van der Waals surface area contributed by atoms with E-state index in [0.29, 0.717) is 10.6 Å². The normalized spacial score (nSPS) is 11.7. The average Bonchev–Trinajstić information content (AvgIpc) is 2.48. The number of pyridine rings is 1. The van der Waals surface area contributed by atoms with Gasteiger partial charge in [-0.05, 0) is 30.7 Å². The van der Waals surface area contributed by atoms with Crippen LogP contribution in [0, 0.1) is 16.7 Å². The van der Waals surface area contributed by atoms with Crippen LogP contribution < -0.4 is 11.2 Å². The van der Waals surface area contributed by atoms with Gasteiger partial charge in [-0.1, -0.05) is 23.7 Å². The van der Waals surface area contributed by atoms with Gasteiger partial charge < -0.3 is 10.3 Å². The summed E-state index contributed by atoms with van der Waals surface area (Å²) < 4.78 is 1.55. The Bertz CT molecular complexity index is 804. The third-order valence-electron chi connectivity index (χ3n) is 3.24. The zero-order valence-electron chi connectivity index (χ0n) is 11.3. The SMILES string of the molecule is C[C@@H](c1cccc(C#N)c1)n1cc(Cl)cc(C(N)=O)c1=N. The molecule has 1 aromatic heterocycles. The molecule has 0 radical (unpaired) electrons. The molecule has 1 atom stereocenters. The van der Waals surface area contributed by atoms with Gasteiger partial charge >= 0.3 is 0 Å². The van der Waals surface area contributed by atoms with Gasteiger partial charge in [0, 0.05) is 6.20 Å². The van der Waals surface area contributed by atoms with Crippen molar-refractivity contribution in [3.63, 3.8) is 0 Å². The molecule has 0 aliphatic rings. The number of amides is 1. The molecule has 2 rings (SSSR count). The zero-order valence-corrected chi connectivity index (χ0v) is 12.1. The van der Waals surface area contributed by atoms with Crippen LogP contribution in [0.1, 0.15) is 34.5 Å². The van der Waals surface area contributed by atoms with Crippen LogP contribution in [-0.2, 0) is 0 Å². The summed E-state index contributed by atoms with van der Waals surface area (Å²) in [4.78, 5) is 11.4. The van der Waals surface area contributed by atoms with Crippen molar-refractivity contribution in [1.82, 2.24) is 4.57 Å². The van der Waals surface area contributed by atoms with Crippen LogP contribution in [0.5, 0.6) is 0 Å². The van der Waals surface area contributed by atoms with E-state index >= 15 is 0 Å². The molecule has 21 heavy (non-hydrogen) atoms. The molecule has 0 unspecified atom stereocenters. The van der Waals surface area contributed by atoms with Gasteiger partial charge in [-0.25, -0.2) is 0 Å². The fourth-order valence-electron chi connectivity index (χ4n) is 2.10. The van der Waals surface area contributed by atoms with E-state index in [4.69, 9.17) is 28.0 Å². The highest BCUT2D eigenvalue weighted by atomic mass is 35.5. The fourth-order valence-corrected chi connectivity index (χ4v) is 2.32. The summed E-state index contributed by atoms with van der Waals surface area (Å²) >= 11 is 5.99. The minimum absolute atomic E-state index is 0.0123. The van der Waals surface area contributed by atoms with E-state index in [-0.39, 0.29) is 17.1 Å². The van der Waals surface area contributed by atoms with Crippen LogP contribution in [0.2, 0.25) is 5.02 Å². The van der Waals surface area contributed by atoms with Gasteiger partial charge in [-0.2, -0.15) is 5.26 Å². The maximum Gasteiger partial charge on any atom is 0.252 e. The minimum Gasteiger partial charge on any atom is -0.365 e. The Balaban J connectivity index is 2.58. The third-order valence-corrected chi connectivity index (χ3v) is 3.45. The number of carbonyl (C=O) groups excluding carboxylic acids is 1. The molecule has 0 aliphatic heterocycles. The molecule has 2 aromatic rings. The number of primary amides is 1. The standard InChI is InChI=1S/C15H13ClN4O/c1-9(11-4-2-3-10(5-11)7-17)20-8-12(16)6-13(14(20)18)15(19)21/h2-6,8-9,18H,1H3,(H2,19,21)/t9-/m0/s1. The molecule has 0 aliphatic carbocycles.